The molecule has 2 nitrogen and oxygen atoms in total. The van der Waals surface area contributed by atoms with Gasteiger partial charge in [0.05, 0.1) is 33.5 Å². The van der Waals surface area contributed by atoms with Crippen LogP contribution in [0.25, 0.3) is 60.5 Å². The highest BCUT2D eigenvalue weighted by molar-refractivity contribution is 6.20. The van der Waals surface area contributed by atoms with Crippen LogP contribution < -0.4 is 0 Å². The Bertz CT molecular complexity index is 3330. The van der Waals surface area contributed by atoms with Crippen LogP contribution >= 0.6 is 0 Å². The highest BCUT2D eigenvalue weighted by atomic mass is 15.0. The first-order valence-electron chi connectivity index (χ1n) is 19.7. The zero-order valence-electron chi connectivity index (χ0n) is 30.9. The van der Waals surface area contributed by atoms with Crippen molar-refractivity contribution in [3.05, 3.63) is 244 Å². The first-order valence-corrected chi connectivity index (χ1v) is 19.7. The first kappa shape index (κ1) is 30.8. The Hall–Kier alpha value is -7.47. The van der Waals surface area contributed by atoms with Gasteiger partial charge in [-0.15, -0.1) is 0 Å². The Balaban J connectivity index is 1.22. The summed E-state index contributed by atoms with van der Waals surface area (Å²) in [5.41, 5.74) is 18.8. The molecule has 0 radical (unpaired) electrons. The molecule has 57 heavy (non-hydrogen) atoms. The van der Waals surface area contributed by atoms with Gasteiger partial charge in [0.1, 0.15) is 0 Å². The van der Waals surface area contributed by atoms with Gasteiger partial charge in [-0.25, -0.2) is 0 Å². The fourth-order valence-corrected chi connectivity index (χ4v) is 11.5. The zero-order chi connectivity index (χ0) is 37.5. The minimum Gasteiger partial charge on any atom is -0.309 e. The number of benzene rings is 9. The average molecular weight is 721 g/mol. The number of rotatable bonds is 1. The summed E-state index contributed by atoms with van der Waals surface area (Å²) in [6.45, 7) is 0. The predicted molar refractivity (Wildman–Crippen MR) is 231 cm³/mol. The van der Waals surface area contributed by atoms with Crippen LogP contribution in [0, 0.1) is 11.3 Å². The van der Waals surface area contributed by atoms with Crippen molar-refractivity contribution in [2.24, 2.45) is 0 Å². The number of fused-ring (bicyclic) bond motifs is 21. The molecule has 0 saturated carbocycles. The second-order valence-corrected chi connectivity index (χ2v) is 15.8. The molecule has 0 atom stereocenters. The minimum absolute atomic E-state index is 0.482. The van der Waals surface area contributed by atoms with Gasteiger partial charge in [0, 0.05) is 21.8 Å². The summed E-state index contributed by atoms with van der Waals surface area (Å²) in [5, 5.41) is 14.6. The molecule has 10 aromatic rings. The topological polar surface area (TPSA) is 28.7 Å². The van der Waals surface area contributed by atoms with E-state index in [1.807, 2.05) is 12.1 Å². The smallest absolute Gasteiger partial charge is 0.0991 e. The second-order valence-electron chi connectivity index (χ2n) is 15.8. The monoisotopic (exact) mass is 720 g/mol. The molecule has 0 unspecified atom stereocenters. The van der Waals surface area contributed by atoms with E-state index in [1.165, 1.54) is 93.8 Å². The van der Waals surface area contributed by atoms with Gasteiger partial charge in [-0.1, -0.05) is 158 Å². The van der Waals surface area contributed by atoms with Crippen molar-refractivity contribution in [1.82, 2.24) is 4.57 Å². The maximum atomic E-state index is 9.76. The quantitative estimate of drug-likeness (QED) is 0.166. The molecule has 1 heterocycles. The summed E-state index contributed by atoms with van der Waals surface area (Å²) >= 11 is 0. The molecule has 0 aliphatic heterocycles. The summed E-state index contributed by atoms with van der Waals surface area (Å²) < 4.78 is 2.44. The average Bonchev–Trinajstić information content (AvgIpc) is 3.88. The molecule has 3 aliphatic rings. The van der Waals surface area contributed by atoms with Crippen LogP contribution in [0.1, 0.15) is 50.1 Å². The lowest BCUT2D eigenvalue weighted by Gasteiger charge is -2.48. The van der Waals surface area contributed by atoms with Gasteiger partial charge >= 0.3 is 0 Å². The van der Waals surface area contributed by atoms with Gasteiger partial charge in [0.25, 0.3) is 0 Å². The Morgan fingerprint density at radius 3 is 1.40 bits per heavy atom. The Morgan fingerprint density at radius 2 is 0.842 bits per heavy atom. The van der Waals surface area contributed by atoms with Crippen LogP contribution in [0.4, 0.5) is 0 Å². The third-order valence-corrected chi connectivity index (χ3v) is 13.5. The lowest BCUT2D eigenvalue weighted by molar-refractivity contribution is 0.633. The van der Waals surface area contributed by atoms with E-state index in [0.29, 0.717) is 5.56 Å². The molecular formula is C55H32N2. The molecule has 0 amide bonds. The highest BCUT2D eigenvalue weighted by Gasteiger charge is 2.58. The van der Waals surface area contributed by atoms with E-state index in [4.69, 9.17) is 0 Å². The molecule has 0 bridgehead atoms. The van der Waals surface area contributed by atoms with E-state index in [9.17, 15) is 5.26 Å². The molecule has 9 aromatic carbocycles. The molecule has 2 spiro atoms. The van der Waals surface area contributed by atoms with Crippen molar-refractivity contribution in [3.8, 4) is 34.0 Å². The van der Waals surface area contributed by atoms with Crippen molar-refractivity contribution in [1.29, 1.82) is 5.26 Å². The highest BCUT2D eigenvalue weighted by Crippen LogP contribution is 2.67. The van der Waals surface area contributed by atoms with Gasteiger partial charge in [-0.3, -0.25) is 0 Å². The molecule has 1 aromatic heterocycles. The number of aromatic nitrogens is 1. The standard InChI is InChI=1S/C55H32N2/c56-33-34-25-28-36(29-26-34)57-52-32-51-42(31-43(52)41-30-27-35-13-1-2-14-37(35)53(41)57)40-17-5-8-20-46(40)55(51)49-23-11-9-21-47(49)54(48-22-10-12-24-50(48)55)44-18-6-3-15-38(44)39-16-4-7-19-45(39)54/h1-32H. The third-order valence-electron chi connectivity index (χ3n) is 13.5. The normalized spacial score (nSPS) is 14.6. The van der Waals surface area contributed by atoms with Crippen molar-refractivity contribution in [3.63, 3.8) is 0 Å². The summed E-state index contributed by atoms with van der Waals surface area (Å²) in [6, 6.07) is 74.5. The van der Waals surface area contributed by atoms with Gasteiger partial charge < -0.3 is 4.57 Å². The molecule has 13 rings (SSSR count). The van der Waals surface area contributed by atoms with E-state index in [-0.39, 0.29) is 0 Å². The van der Waals surface area contributed by atoms with Crippen LogP contribution in [-0.4, -0.2) is 4.57 Å². The third kappa shape index (κ3) is 3.57. The van der Waals surface area contributed by atoms with E-state index < -0.39 is 10.8 Å². The SMILES string of the molecule is N#Cc1ccc(-n2c3cc4c(cc3c3ccc5ccccc5c32)-c2ccccc2C42c3ccccc3C3(c4ccccc4-c4ccccc43)c3ccccc32)cc1. The Kier molecular flexibility index (Phi) is 5.86. The number of nitrogens with zero attached hydrogens (tertiary/aromatic N) is 2. The minimum atomic E-state index is -0.584. The van der Waals surface area contributed by atoms with Crippen LogP contribution in [0.5, 0.6) is 0 Å². The van der Waals surface area contributed by atoms with Crippen molar-refractivity contribution in [2.75, 3.05) is 0 Å². The summed E-state index contributed by atoms with van der Waals surface area (Å²) in [5.74, 6) is 0. The molecule has 3 aliphatic carbocycles. The van der Waals surface area contributed by atoms with Crippen molar-refractivity contribution < 1.29 is 0 Å². The molecule has 2 heteroatoms. The Morgan fingerprint density at radius 1 is 0.368 bits per heavy atom. The van der Waals surface area contributed by atoms with Crippen LogP contribution in [0.15, 0.2) is 194 Å². The molecular weight excluding hydrogens is 689 g/mol. The lowest BCUT2D eigenvalue weighted by atomic mass is 9.52. The molecule has 0 saturated heterocycles. The van der Waals surface area contributed by atoms with E-state index in [1.54, 1.807) is 0 Å². The lowest BCUT2D eigenvalue weighted by Crippen LogP contribution is -2.43. The Labute approximate surface area is 330 Å². The number of hydrogen-bond donors (Lipinski definition) is 0. The van der Waals surface area contributed by atoms with Crippen LogP contribution in [0.2, 0.25) is 0 Å². The van der Waals surface area contributed by atoms with Crippen LogP contribution in [-0.2, 0) is 10.8 Å². The number of hydrogen-bond acceptors (Lipinski definition) is 1. The van der Waals surface area contributed by atoms with E-state index in [2.05, 4.69) is 193 Å². The van der Waals surface area contributed by atoms with Crippen LogP contribution in [0.3, 0.4) is 0 Å². The van der Waals surface area contributed by atoms with Crippen molar-refractivity contribution >= 4 is 32.6 Å². The van der Waals surface area contributed by atoms with Crippen molar-refractivity contribution in [2.45, 2.75) is 10.8 Å². The molecule has 0 N–H and O–H groups in total. The van der Waals surface area contributed by atoms with Gasteiger partial charge in [0.2, 0.25) is 0 Å². The van der Waals surface area contributed by atoms with E-state index in [0.717, 1.165) is 11.2 Å². The largest absolute Gasteiger partial charge is 0.309 e. The molecule has 262 valence electrons. The fourth-order valence-electron chi connectivity index (χ4n) is 11.5. The number of nitriles is 1. The predicted octanol–water partition coefficient (Wildman–Crippen LogP) is 12.8. The summed E-state index contributed by atoms with van der Waals surface area (Å²) in [6.07, 6.45) is 0. The molecule has 0 fully saturated rings. The maximum Gasteiger partial charge on any atom is 0.0991 e. The van der Waals surface area contributed by atoms with Gasteiger partial charge in [0.15, 0.2) is 0 Å². The van der Waals surface area contributed by atoms with Gasteiger partial charge in [-0.2, -0.15) is 5.26 Å². The van der Waals surface area contributed by atoms with Gasteiger partial charge in [-0.05, 0) is 109 Å². The second kappa shape index (κ2) is 10.8. The summed E-state index contributed by atoms with van der Waals surface area (Å²) in [7, 11) is 0. The fraction of sp³-hybridized carbons (Fsp3) is 0.0364. The zero-order valence-corrected chi connectivity index (χ0v) is 30.9. The van der Waals surface area contributed by atoms with E-state index >= 15 is 0 Å². The summed E-state index contributed by atoms with van der Waals surface area (Å²) in [4.78, 5) is 0. The maximum absolute atomic E-state index is 9.76. The first-order chi connectivity index (χ1) is 28.2.